The van der Waals surface area contributed by atoms with Gasteiger partial charge >= 0.3 is 0 Å². The number of hydrogen-bond donors (Lipinski definition) is 0. The number of thioether (sulfide) groups is 1. The van der Waals surface area contributed by atoms with Crippen LogP contribution in [0, 0.1) is 5.92 Å². The van der Waals surface area contributed by atoms with E-state index >= 15 is 0 Å². The van der Waals surface area contributed by atoms with Gasteiger partial charge in [0.15, 0.2) is 0 Å². The molecule has 0 aromatic carbocycles. The highest BCUT2D eigenvalue weighted by Gasteiger charge is 2.29. The van der Waals surface area contributed by atoms with Crippen LogP contribution in [-0.2, 0) is 4.74 Å². The number of nitrogens with zero attached hydrogens (tertiary/aromatic N) is 1. The predicted octanol–water partition coefficient (Wildman–Crippen LogP) is 1.46. The lowest BCUT2D eigenvalue weighted by Gasteiger charge is -2.41. The molecule has 2 aliphatic heterocycles. The monoisotopic (exact) mass is 201 g/mol. The fourth-order valence-electron chi connectivity index (χ4n) is 1.97. The molecule has 0 N–H and O–H groups in total. The summed E-state index contributed by atoms with van der Waals surface area (Å²) in [7, 11) is 0. The van der Waals surface area contributed by atoms with Gasteiger partial charge in [0.1, 0.15) is 0 Å². The molecule has 0 aromatic heterocycles. The lowest BCUT2D eigenvalue weighted by Crippen LogP contribution is -2.49. The van der Waals surface area contributed by atoms with E-state index in [4.69, 9.17) is 4.74 Å². The SMILES string of the molecule is CC1SCCN(CC2COC2)C1C. The first-order valence-electron chi connectivity index (χ1n) is 5.21. The van der Waals surface area contributed by atoms with E-state index in [9.17, 15) is 0 Å². The second kappa shape index (κ2) is 4.20. The van der Waals surface area contributed by atoms with Crippen molar-refractivity contribution < 1.29 is 4.74 Å². The maximum Gasteiger partial charge on any atom is 0.0528 e. The zero-order chi connectivity index (χ0) is 9.26. The zero-order valence-electron chi connectivity index (χ0n) is 8.53. The van der Waals surface area contributed by atoms with Gasteiger partial charge < -0.3 is 4.74 Å². The van der Waals surface area contributed by atoms with E-state index < -0.39 is 0 Å². The molecule has 3 heteroatoms. The van der Waals surface area contributed by atoms with Crippen LogP contribution in [0.15, 0.2) is 0 Å². The summed E-state index contributed by atoms with van der Waals surface area (Å²) in [6, 6.07) is 0.749. The standard InChI is InChI=1S/C10H19NOS/c1-8-9(2)13-4-3-11(8)5-10-6-12-7-10/h8-10H,3-7H2,1-2H3. The van der Waals surface area contributed by atoms with Crippen LogP contribution in [0.2, 0.25) is 0 Å². The molecule has 2 unspecified atom stereocenters. The Morgan fingerprint density at radius 1 is 1.38 bits per heavy atom. The Balaban J connectivity index is 1.82. The van der Waals surface area contributed by atoms with Crippen LogP contribution in [0.5, 0.6) is 0 Å². The zero-order valence-corrected chi connectivity index (χ0v) is 9.35. The Kier molecular flexibility index (Phi) is 3.17. The normalized spacial score (nSPS) is 37.4. The fraction of sp³-hybridized carbons (Fsp3) is 1.00. The average Bonchev–Trinajstić information content (AvgIpc) is 2.04. The molecule has 0 bridgehead atoms. The highest BCUT2D eigenvalue weighted by Crippen LogP contribution is 2.25. The maximum absolute atomic E-state index is 5.21. The molecule has 2 nitrogen and oxygen atoms in total. The lowest BCUT2D eigenvalue weighted by atomic mass is 10.1. The minimum Gasteiger partial charge on any atom is -0.381 e. The summed E-state index contributed by atoms with van der Waals surface area (Å²) >= 11 is 2.11. The van der Waals surface area contributed by atoms with Crippen LogP contribution in [0.4, 0.5) is 0 Å². The van der Waals surface area contributed by atoms with E-state index in [0.29, 0.717) is 0 Å². The van der Waals surface area contributed by atoms with Gasteiger partial charge in [-0.05, 0) is 6.92 Å². The van der Waals surface area contributed by atoms with E-state index in [-0.39, 0.29) is 0 Å². The first kappa shape index (κ1) is 9.81. The quantitative estimate of drug-likeness (QED) is 0.671. The average molecular weight is 201 g/mol. The molecular weight excluding hydrogens is 182 g/mol. The van der Waals surface area contributed by atoms with Gasteiger partial charge in [-0.15, -0.1) is 0 Å². The summed E-state index contributed by atoms with van der Waals surface area (Å²) < 4.78 is 5.21. The van der Waals surface area contributed by atoms with E-state index in [1.54, 1.807) is 0 Å². The third-order valence-electron chi connectivity index (χ3n) is 3.21. The van der Waals surface area contributed by atoms with Gasteiger partial charge in [-0.2, -0.15) is 11.8 Å². The highest BCUT2D eigenvalue weighted by atomic mass is 32.2. The second-order valence-electron chi connectivity index (χ2n) is 4.21. The number of ether oxygens (including phenoxy) is 1. The molecule has 0 aliphatic carbocycles. The Hall–Kier alpha value is 0.270. The van der Waals surface area contributed by atoms with Crippen molar-refractivity contribution in [2.45, 2.75) is 25.1 Å². The van der Waals surface area contributed by atoms with Gasteiger partial charge in [-0.25, -0.2) is 0 Å². The number of hydrogen-bond acceptors (Lipinski definition) is 3. The Labute approximate surface area is 85.0 Å². The van der Waals surface area contributed by atoms with Crippen molar-refractivity contribution in [2.24, 2.45) is 5.92 Å². The molecule has 0 spiro atoms. The van der Waals surface area contributed by atoms with Gasteiger partial charge in [-0.3, -0.25) is 4.90 Å². The second-order valence-corrected chi connectivity index (χ2v) is 5.70. The molecule has 2 rings (SSSR count). The van der Waals surface area contributed by atoms with Crippen molar-refractivity contribution in [3.63, 3.8) is 0 Å². The van der Waals surface area contributed by atoms with Crippen molar-refractivity contribution in [3.8, 4) is 0 Å². The summed E-state index contributed by atoms with van der Waals surface area (Å²) in [5.41, 5.74) is 0. The van der Waals surface area contributed by atoms with Crippen molar-refractivity contribution in [1.82, 2.24) is 4.90 Å². The van der Waals surface area contributed by atoms with Crippen molar-refractivity contribution in [1.29, 1.82) is 0 Å². The molecule has 76 valence electrons. The smallest absolute Gasteiger partial charge is 0.0528 e. The van der Waals surface area contributed by atoms with E-state index in [0.717, 1.165) is 30.4 Å². The van der Waals surface area contributed by atoms with Crippen molar-refractivity contribution in [2.75, 3.05) is 32.1 Å². The maximum atomic E-state index is 5.21. The number of rotatable bonds is 2. The molecule has 0 amide bonds. The summed E-state index contributed by atoms with van der Waals surface area (Å²) in [5, 5.41) is 0.801. The predicted molar refractivity (Wildman–Crippen MR) is 57.3 cm³/mol. The summed E-state index contributed by atoms with van der Waals surface area (Å²) in [6.45, 7) is 9.21. The molecule has 0 aromatic rings. The largest absolute Gasteiger partial charge is 0.381 e. The molecule has 0 radical (unpaired) electrons. The van der Waals surface area contributed by atoms with Crippen molar-refractivity contribution >= 4 is 11.8 Å². The molecule has 0 saturated carbocycles. The van der Waals surface area contributed by atoms with Gasteiger partial charge in [0.05, 0.1) is 13.2 Å². The minimum absolute atomic E-state index is 0.749. The first-order valence-corrected chi connectivity index (χ1v) is 6.25. The van der Waals surface area contributed by atoms with Crippen LogP contribution in [-0.4, -0.2) is 48.2 Å². The molecular formula is C10H19NOS. The molecule has 13 heavy (non-hydrogen) atoms. The van der Waals surface area contributed by atoms with Gasteiger partial charge in [0.25, 0.3) is 0 Å². The van der Waals surface area contributed by atoms with E-state index in [1.165, 1.54) is 18.8 Å². The van der Waals surface area contributed by atoms with Crippen LogP contribution in [0.25, 0.3) is 0 Å². The van der Waals surface area contributed by atoms with Crippen LogP contribution in [0.1, 0.15) is 13.8 Å². The van der Waals surface area contributed by atoms with E-state index in [2.05, 4.69) is 30.5 Å². The molecule has 2 saturated heterocycles. The Morgan fingerprint density at radius 3 is 2.77 bits per heavy atom. The highest BCUT2D eigenvalue weighted by molar-refractivity contribution is 8.00. The summed E-state index contributed by atoms with van der Waals surface area (Å²) in [6.07, 6.45) is 0. The molecule has 2 atom stereocenters. The molecule has 2 aliphatic rings. The van der Waals surface area contributed by atoms with Crippen LogP contribution in [0.3, 0.4) is 0 Å². The molecule has 2 fully saturated rings. The fourth-order valence-corrected chi connectivity index (χ4v) is 3.14. The minimum atomic E-state index is 0.749. The topological polar surface area (TPSA) is 12.5 Å². The lowest BCUT2D eigenvalue weighted by molar-refractivity contribution is -0.0503. The third-order valence-corrected chi connectivity index (χ3v) is 4.55. The van der Waals surface area contributed by atoms with E-state index in [1.807, 2.05) is 0 Å². The van der Waals surface area contributed by atoms with Gasteiger partial charge in [-0.1, -0.05) is 6.92 Å². The van der Waals surface area contributed by atoms with Gasteiger partial charge in [0.2, 0.25) is 0 Å². The Bertz CT molecular complexity index is 172. The van der Waals surface area contributed by atoms with Crippen LogP contribution < -0.4 is 0 Å². The van der Waals surface area contributed by atoms with Crippen LogP contribution >= 0.6 is 11.8 Å². The van der Waals surface area contributed by atoms with Gasteiger partial charge in [0, 0.05) is 36.1 Å². The third kappa shape index (κ3) is 2.20. The summed E-state index contributed by atoms with van der Waals surface area (Å²) in [5.74, 6) is 2.12. The summed E-state index contributed by atoms with van der Waals surface area (Å²) in [4.78, 5) is 2.63. The molecule has 2 heterocycles. The van der Waals surface area contributed by atoms with Crippen molar-refractivity contribution in [3.05, 3.63) is 0 Å². The first-order chi connectivity index (χ1) is 6.27. The Morgan fingerprint density at radius 2 is 2.15 bits per heavy atom.